The Morgan fingerprint density at radius 2 is 2.00 bits per heavy atom. The first-order valence-corrected chi connectivity index (χ1v) is 11.6. The third-order valence-electron chi connectivity index (χ3n) is 6.31. The van der Waals surface area contributed by atoms with Crippen LogP contribution in [0.1, 0.15) is 51.9 Å². The van der Waals surface area contributed by atoms with E-state index in [0.717, 1.165) is 18.8 Å². The second-order valence-electron chi connectivity index (χ2n) is 8.29. The highest BCUT2D eigenvalue weighted by molar-refractivity contribution is 8.00. The van der Waals surface area contributed by atoms with Gasteiger partial charge in [0.2, 0.25) is 6.79 Å². The zero-order chi connectivity index (χ0) is 19.4. The summed E-state index contributed by atoms with van der Waals surface area (Å²) in [5.74, 6) is 3.37. The van der Waals surface area contributed by atoms with Crippen molar-refractivity contribution in [3.05, 3.63) is 18.2 Å². The van der Waals surface area contributed by atoms with Crippen LogP contribution in [0.4, 0.5) is 0 Å². The molecule has 1 amide bonds. The van der Waals surface area contributed by atoms with Gasteiger partial charge in [-0.25, -0.2) is 0 Å². The van der Waals surface area contributed by atoms with Gasteiger partial charge in [0, 0.05) is 24.4 Å². The maximum atomic E-state index is 12.7. The van der Waals surface area contributed by atoms with E-state index in [1.165, 1.54) is 50.7 Å². The summed E-state index contributed by atoms with van der Waals surface area (Å²) in [4.78, 5) is 14.7. The van der Waals surface area contributed by atoms with Crippen molar-refractivity contribution in [1.82, 2.24) is 4.90 Å². The standard InChI is InChI=1S/C22H31NO4S/c1-2-23(13-18-12-22(15-28-18)9-5-3-4-6-10-22)21(24)14-25-17-7-8-19-20(11-17)27-16-26-19/h7-8,11,18H,2-6,9-10,12-16H2,1H3. The van der Waals surface area contributed by atoms with Gasteiger partial charge in [-0.2, -0.15) is 11.8 Å². The van der Waals surface area contributed by atoms with E-state index in [1.54, 1.807) is 6.07 Å². The van der Waals surface area contributed by atoms with E-state index in [-0.39, 0.29) is 19.3 Å². The monoisotopic (exact) mass is 405 g/mol. The lowest BCUT2D eigenvalue weighted by molar-refractivity contribution is -0.133. The van der Waals surface area contributed by atoms with Gasteiger partial charge in [-0.1, -0.05) is 25.7 Å². The Morgan fingerprint density at radius 3 is 2.79 bits per heavy atom. The fourth-order valence-corrected chi connectivity index (χ4v) is 6.45. The Labute approximate surface area is 172 Å². The largest absolute Gasteiger partial charge is 0.484 e. The van der Waals surface area contributed by atoms with Crippen LogP contribution in [0.25, 0.3) is 0 Å². The predicted molar refractivity (Wildman–Crippen MR) is 111 cm³/mol. The van der Waals surface area contributed by atoms with E-state index in [9.17, 15) is 4.79 Å². The average Bonchev–Trinajstić information content (AvgIpc) is 3.26. The van der Waals surface area contributed by atoms with Crippen molar-refractivity contribution in [1.29, 1.82) is 0 Å². The molecular weight excluding hydrogens is 374 g/mol. The van der Waals surface area contributed by atoms with Gasteiger partial charge in [-0.15, -0.1) is 0 Å². The van der Waals surface area contributed by atoms with Crippen LogP contribution >= 0.6 is 11.8 Å². The number of carbonyl (C=O) groups is 1. The van der Waals surface area contributed by atoms with Crippen LogP contribution in [0.15, 0.2) is 18.2 Å². The molecule has 1 unspecified atom stereocenters. The second kappa shape index (κ2) is 8.85. The molecule has 1 spiro atoms. The number of carbonyl (C=O) groups excluding carboxylic acids is 1. The van der Waals surface area contributed by atoms with Gasteiger partial charge in [0.15, 0.2) is 18.1 Å². The van der Waals surface area contributed by atoms with Crippen LogP contribution in [-0.2, 0) is 4.79 Å². The van der Waals surface area contributed by atoms with Crippen LogP contribution in [0.3, 0.4) is 0 Å². The molecule has 1 saturated heterocycles. The number of thioether (sulfide) groups is 1. The maximum Gasteiger partial charge on any atom is 0.260 e. The summed E-state index contributed by atoms with van der Waals surface area (Å²) in [6.07, 6.45) is 9.58. The highest BCUT2D eigenvalue weighted by Gasteiger charge is 2.40. The average molecular weight is 406 g/mol. The topological polar surface area (TPSA) is 48.0 Å². The third-order valence-corrected chi connectivity index (χ3v) is 7.88. The fraction of sp³-hybridized carbons (Fsp3) is 0.682. The molecule has 1 aromatic carbocycles. The van der Waals surface area contributed by atoms with E-state index in [4.69, 9.17) is 14.2 Å². The van der Waals surface area contributed by atoms with Crippen LogP contribution in [0.2, 0.25) is 0 Å². The van der Waals surface area contributed by atoms with Crippen molar-refractivity contribution < 1.29 is 19.0 Å². The Bertz CT molecular complexity index is 687. The molecule has 4 rings (SSSR count). The van der Waals surface area contributed by atoms with Gasteiger partial charge in [0.1, 0.15) is 5.75 Å². The summed E-state index contributed by atoms with van der Waals surface area (Å²) in [5.41, 5.74) is 0.539. The van der Waals surface area contributed by atoms with Gasteiger partial charge in [-0.05, 0) is 49.5 Å². The van der Waals surface area contributed by atoms with Crippen molar-refractivity contribution in [2.45, 2.75) is 57.1 Å². The quantitative estimate of drug-likeness (QED) is 0.698. The zero-order valence-electron chi connectivity index (χ0n) is 16.8. The van der Waals surface area contributed by atoms with Crippen LogP contribution < -0.4 is 14.2 Å². The molecule has 5 nitrogen and oxygen atoms in total. The number of amides is 1. The molecule has 1 aliphatic carbocycles. The molecule has 3 aliphatic rings. The second-order valence-corrected chi connectivity index (χ2v) is 9.58. The predicted octanol–water partition coefficient (Wildman–Crippen LogP) is 4.49. The summed E-state index contributed by atoms with van der Waals surface area (Å²) in [7, 11) is 0. The Balaban J connectivity index is 1.28. The van der Waals surface area contributed by atoms with E-state index in [0.29, 0.717) is 22.2 Å². The highest BCUT2D eigenvalue weighted by Crippen LogP contribution is 2.49. The summed E-state index contributed by atoms with van der Waals surface area (Å²) in [6, 6.07) is 5.43. The van der Waals surface area contributed by atoms with Crippen molar-refractivity contribution >= 4 is 17.7 Å². The summed E-state index contributed by atoms with van der Waals surface area (Å²) >= 11 is 2.08. The highest BCUT2D eigenvalue weighted by atomic mass is 32.2. The summed E-state index contributed by atoms with van der Waals surface area (Å²) in [6.45, 7) is 3.93. The number of rotatable bonds is 6. The lowest BCUT2D eigenvalue weighted by Crippen LogP contribution is -2.39. The number of ether oxygens (including phenoxy) is 3. The van der Waals surface area contributed by atoms with E-state index in [2.05, 4.69) is 18.7 Å². The molecule has 1 saturated carbocycles. The Kier molecular flexibility index (Phi) is 6.24. The van der Waals surface area contributed by atoms with Crippen LogP contribution in [0.5, 0.6) is 17.2 Å². The molecule has 0 radical (unpaired) electrons. The molecule has 1 aromatic rings. The normalized spacial score (nSPS) is 22.8. The Morgan fingerprint density at radius 1 is 1.21 bits per heavy atom. The summed E-state index contributed by atoms with van der Waals surface area (Å²) < 4.78 is 16.4. The van der Waals surface area contributed by atoms with Crippen LogP contribution in [-0.4, -0.2) is 48.3 Å². The molecule has 1 atom stereocenters. The number of fused-ring (bicyclic) bond motifs is 1. The van der Waals surface area contributed by atoms with Crippen molar-refractivity contribution in [3.63, 3.8) is 0 Å². The molecular formula is C22H31NO4S. The third kappa shape index (κ3) is 4.53. The smallest absolute Gasteiger partial charge is 0.260 e. The van der Waals surface area contributed by atoms with Crippen molar-refractivity contribution in [2.24, 2.45) is 5.41 Å². The first-order valence-electron chi connectivity index (χ1n) is 10.6. The van der Waals surface area contributed by atoms with Gasteiger partial charge >= 0.3 is 0 Å². The van der Waals surface area contributed by atoms with Crippen molar-refractivity contribution in [2.75, 3.05) is 32.2 Å². The molecule has 6 heteroatoms. The van der Waals surface area contributed by atoms with E-state index in [1.807, 2.05) is 17.0 Å². The van der Waals surface area contributed by atoms with Crippen molar-refractivity contribution in [3.8, 4) is 17.2 Å². The number of hydrogen-bond donors (Lipinski definition) is 0. The number of nitrogens with zero attached hydrogens (tertiary/aromatic N) is 1. The first kappa shape index (κ1) is 19.7. The molecule has 0 N–H and O–H groups in total. The van der Waals surface area contributed by atoms with E-state index < -0.39 is 0 Å². The minimum absolute atomic E-state index is 0.0579. The lowest BCUT2D eigenvalue weighted by atomic mass is 9.78. The van der Waals surface area contributed by atoms with Gasteiger partial charge in [0.05, 0.1) is 0 Å². The SMILES string of the molecule is CCN(CC1CC2(CCCCCC2)CS1)C(=O)COc1ccc2c(c1)OCO2. The minimum Gasteiger partial charge on any atom is -0.484 e. The molecule has 2 aliphatic heterocycles. The van der Waals surface area contributed by atoms with Crippen LogP contribution in [0, 0.1) is 5.41 Å². The molecule has 28 heavy (non-hydrogen) atoms. The maximum absolute atomic E-state index is 12.7. The molecule has 0 aromatic heterocycles. The fourth-order valence-electron chi connectivity index (χ4n) is 4.70. The van der Waals surface area contributed by atoms with Gasteiger partial charge < -0.3 is 19.1 Å². The molecule has 0 bridgehead atoms. The number of benzene rings is 1. The van der Waals surface area contributed by atoms with Gasteiger partial charge in [-0.3, -0.25) is 4.79 Å². The minimum atomic E-state index is 0.0579. The van der Waals surface area contributed by atoms with E-state index >= 15 is 0 Å². The summed E-state index contributed by atoms with van der Waals surface area (Å²) in [5, 5.41) is 0.563. The molecule has 2 fully saturated rings. The molecule has 154 valence electrons. The molecule has 2 heterocycles. The number of likely N-dealkylation sites (N-methyl/N-ethyl adjacent to an activating group) is 1. The number of hydrogen-bond acceptors (Lipinski definition) is 5. The first-order chi connectivity index (χ1) is 13.7. The zero-order valence-corrected chi connectivity index (χ0v) is 17.6. The Hall–Kier alpha value is -1.56. The van der Waals surface area contributed by atoms with Gasteiger partial charge in [0.25, 0.3) is 5.91 Å². The lowest BCUT2D eigenvalue weighted by Gasteiger charge is -2.28.